The van der Waals surface area contributed by atoms with Crippen LogP contribution in [0, 0.1) is 0 Å². The molecule has 8 heteroatoms. The van der Waals surface area contributed by atoms with Crippen molar-refractivity contribution in [3.8, 4) is 11.1 Å². The molecule has 0 amide bonds. The van der Waals surface area contributed by atoms with E-state index < -0.39 is 0 Å². The molecule has 1 aliphatic rings. The van der Waals surface area contributed by atoms with Gasteiger partial charge in [-0.25, -0.2) is 4.68 Å². The van der Waals surface area contributed by atoms with Gasteiger partial charge in [-0.2, -0.15) is 15.1 Å². The van der Waals surface area contributed by atoms with Crippen LogP contribution in [0.2, 0.25) is 0 Å². The van der Waals surface area contributed by atoms with Crippen molar-refractivity contribution < 1.29 is 0 Å². The van der Waals surface area contributed by atoms with Crippen molar-refractivity contribution in [2.24, 2.45) is 0 Å². The molecule has 3 heterocycles. The maximum Gasteiger partial charge on any atom is 0.227 e. The third-order valence-electron chi connectivity index (χ3n) is 5.35. The summed E-state index contributed by atoms with van der Waals surface area (Å²) in [5.74, 6) is 1.69. The van der Waals surface area contributed by atoms with Crippen LogP contribution in [-0.2, 0) is 6.54 Å². The number of rotatable bonds is 6. The van der Waals surface area contributed by atoms with E-state index in [1.807, 2.05) is 53.5 Å². The van der Waals surface area contributed by atoms with Crippen LogP contribution in [0.1, 0.15) is 18.8 Å². The van der Waals surface area contributed by atoms with E-state index in [0.717, 1.165) is 34.7 Å². The minimum absolute atomic E-state index is 0.224. The van der Waals surface area contributed by atoms with Crippen LogP contribution in [0.25, 0.3) is 11.1 Å². The second-order valence-corrected chi connectivity index (χ2v) is 7.35. The number of fused-ring (bicyclic) bond motifs is 1. The fraction of sp³-hybridized carbons (Fsp3) is 0.174. The van der Waals surface area contributed by atoms with Crippen molar-refractivity contribution in [3.05, 3.63) is 78.6 Å². The second kappa shape index (κ2) is 7.98. The SMILES string of the molecule is CCN1c2nc(NCc3ccccc3)nc(N)c2NC1n1cc(-c2ccccc2)cn1. The zero-order valence-corrected chi connectivity index (χ0v) is 17.2. The molecular weight excluding hydrogens is 388 g/mol. The number of anilines is 4. The lowest BCUT2D eigenvalue weighted by molar-refractivity contribution is 0.493. The van der Waals surface area contributed by atoms with Gasteiger partial charge in [-0.1, -0.05) is 60.7 Å². The largest absolute Gasteiger partial charge is 0.382 e. The quantitative estimate of drug-likeness (QED) is 0.441. The van der Waals surface area contributed by atoms with Gasteiger partial charge in [0.15, 0.2) is 17.9 Å². The zero-order valence-electron chi connectivity index (χ0n) is 17.2. The predicted molar refractivity (Wildman–Crippen MR) is 124 cm³/mol. The normalized spacial score (nSPS) is 14.9. The van der Waals surface area contributed by atoms with E-state index in [-0.39, 0.29) is 6.29 Å². The van der Waals surface area contributed by atoms with Gasteiger partial charge in [-0.15, -0.1) is 0 Å². The van der Waals surface area contributed by atoms with Gasteiger partial charge in [-0.05, 0) is 18.1 Å². The van der Waals surface area contributed by atoms with E-state index in [4.69, 9.17) is 10.7 Å². The second-order valence-electron chi connectivity index (χ2n) is 7.35. The van der Waals surface area contributed by atoms with Crippen LogP contribution in [0.5, 0.6) is 0 Å². The van der Waals surface area contributed by atoms with Crippen LogP contribution in [0.4, 0.5) is 23.3 Å². The molecule has 0 saturated heterocycles. The smallest absolute Gasteiger partial charge is 0.227 e. The Labute approximate surface area is 180 Å². The summed E-state index contributed by atoms with van der Waals surface area (Å²) in [7, 11) is 0. The maximum atomic E-state index is 6.29. The maximum absolute atomic E-state index is 6.29. The molecule has 1 unspecified atom stereocenters. The molecule has 1 atom stereocenters. The Kier molecular flexibility index (Phi) is 4.87. The monoisotopic (exact) mass is 412 g/mol. The molecule has 2 aromatic heterocycles. The highest BCUT2D eigenvalue weighted by molar-refractivity contribution is 5.82. The summed E-state index contributed by atoms with van der Waals surface area (Å²) in [5, 5.41) is 11.3. The molecule has 5 rings (SSSR count). The average molecular weight is 413 g/mol. The number of benzene rings is 2. The number of hydrogen-bond acceptors (Lipinski definition) is 7. The molecule has 1 aliphatic heterocycles. The first-order valence-corrected chi connectivity index (χ1v) is 10.3. The summed E-state index contributed by atoms with van der Waals surface area (Å²) in [6.07, 6.45) is 3.67. The molecule has 0 fully saturated rings. The van der Waals surface area contributed by atoms with Gasteiger partial charge < -0.3 is 21.3 Å². The van der Waals surface area contributed by atoms with Crippen LogP contribution in [-0.4, -0.2) is 26.3 Å². The highest BCUT2D eigenvalue weighted by atomic mass is 15.5. The lowest BCUT2D eigenvalue weighted by Crippen LogP contribution is -2.33. The summed E-state index contributed by atoms with van der Waals surface area (Å²) in [5.41, 5.74) is 10.3. The minimum atomic E-state index is -0.224. The van der Waals surface area contributed by atoms with E-state index in [1.165, 1.54) is 0 Å². The highest BCUT2D eigenvalue weighted by Crippen LogP contribution is 2.41. The van der Waals surface area contributed by atoms with Gasteiger partial charge in [0.1, 0.15) is 5.69 Å². The van der Waals surface area contributed by atoms with Crippen molar-refractivity contribution in [1.82, 2.24) is 19.7 Å². The molecule has 2 aromatic carbocycles. The molecule has 0 saturated carbocycles. The van der Waals surface area contributed by atoms with E-state index >= 15 is 0 Å². The van der Waals surface area contributed by atoms with Crippen LogP contribution >= 0.6 is 0 Å². The summed E-state index contributed by atoms with van der Waals surface area (Å²) in [6.45, 7) is 3.45. The molecule has 156 valence electrons. The van der Waals surface area contributed by atoms with Crippen LogP contribution in [0.15, 0.2) is 73.1 Å². The topological polar surface area (TPSA) is 96.9 Å². The fourth-order valence-electron chi connectivity index (χ4n) is 3.77. The van der Waals surface area contributed by atoms with Gasteiger partial charge in [0.25, 0.3) is 0 Å². The number of nitrogen functional groups attached to an aromatic ring is 1. The first kappa shape index (κ1) is 18.9. The van der Waals surface area contributed by atoms with E-state index in [9.17, 15) is 0 Å². The Balaban J connectivity index is 1.40. The number of nitrogens with zero attached hydrogens (tertiary/aromatic N) is 5. The highest BCUT2D eigenvalue weighted by Gasteiger charge is 2.33. The minimum Gasteiger partial charge on any atom is -0.382 e. The van der Waals surface area contributed by atoms with Crippen LogP contribution in [0.3, 0.4) is 0 Å². The fourth-order valence-corrected chi connectivity index (χ4v) is 3.77. The number of nitrogens with one attached hydrogen (secondary N) is 2. The number of hydrogen-bond donors (Lipinski definition) is 3. The molecule has 4 N–H and O–H groups in total. The Morgan fingerprint density at radius 3 is 2.48 bits per heavy atom. The molecule has 0 bridgehead atoms. The third-order valence-corrected chi connectivity index (χ3v) is 5.35. The summed E-state index contributed by atoms with van der Waals surface area (Å²) >= 11 is 0. The van der Waals surface area contributed by atoms with Gasteiger partial charge in [0.05, 0.1) is 6.20 Å². The molecule has 31 heavy (non-hydrogen) atoms. The molecule has 4 aromatic rings. The molecule has 0 radical (unpaired) electrons. The van der Waals surface area contributed by atoms with E-state index in [2.05, 4.69) is 56.8 Å². The van der Waals surface area contributed by atoms with Crippen molar-refractivity contribution in [1.29, 1.82) is 0 Å². The number of aromatic nitrogens is 4. The van der Waals surface area contributed by atoms with Gasteiger partial charge in [-0.3, -0.25) is 0 Å². The molecule has 0 aliphatic carbocycles. The molecular formula is C23H24N8. The first-order chi connectivity index (χ1) is 15.2. The third kappa shape index (κ3) is 3.63. The average Bonchev–Trinajstić information content (AvgIpc) is 3.44. The van der Waals surface area contributed by atoms with Crippen molar-refractivity contribution >= 4 is 23.3 Å². The van der Waals surface area contributed by atoms with Gasteiger partial charge >= 0.3 is 0 Å². The van der Waals surface area contributed by atoms with Gasteiger partial charge in [0.2, 0.25) is 5.95 Å². The Morgan fingerprint density at radius 2 is 1.74 bits per heavy atom. The number of nitrogens with two attached hydrogens (primary N) is 1. The Morgan fingerprint density at radius 1 is 1.00 bits per heavy atom. The van der Waals surface area contributed by atoms with Crippen molar-refractivity contribution in [3.63, 3.8) is 0 Å². The lowest BCUT2D eigenvalue weighted by Gasteiger charge is -2.24. The molecule has 0 spiro atoms. The lowest BCUT2D eigenvalue weighted by atomic mass is 10.1. The van der Waals surface area contributed by atoms with Crippen molar-refractivity contribution in [2.45, 2.75) is 19.8 Å². The van der Waals surface area contributed by atoms with Crippen molar-refractivity contribution in [2.75, 3.05) is 27.8 Å². The van der Waals surface area contributed by atoms with E-state index in [0.29, 0.717) is 18.3 Å². The van der Waals surface area contributed by atoms with Crippen LogP contribution < -0.4 is 21.3 Å². The summed E-state index contributed by atoms with van der Waals surface area (Å²) in [6, 6.07) is 20.3. The standard InChI is InChI=1S/C23H24N8/c1-2-30-21-19(20(24)28-22(29-21)25-13-16-9-5-3-6-10-16)27-23(30)31-15-18(14-26-31)17-11-7-4-8-12-17/h3-12,14-15,23,27H,2,13H2,1H3,(H3,24,25,28,29). The first-order valence-electron chi connectivity index (χ1n) is 10.3. The summed E-state index contributed by atoms with van der Waals surface area (Å²) in [4.78, 5) is 11.3. The predicted octanol–water partition coefficient (Wildman–Crippen LogP) is 3.94. The van der Waals surface area contributed by atoms with E-state index in [1.54, 1.807) is 0 Å². The van der Waals surface area contributed by atoms with Gasteiger partial charge in [0, 0.05) is 24.8 Å². The Hall–Kier alpha value is -4.07. The zero-order chi connectivity index (χ0) is 21.2. The Bertz CT molecular complexity index is 1170. The molecule has 8 nitrogen and oxygen atoms in total. The summed E-state index contributed by atoms with van der Waals surface area (Å²) < 4.78 is 1.89.